The molecule has 1 atom stereocenters. The van der Waals surface area contributed by atoms with E-state index in [9.17, 15) is 8.42 Å². The third-order valence-electron chi connectivity index (χ3n) is 2.94. The summed E-state index contributed by atoms with van der Waals surface area (Å²) in [4.78, 5) is 0. The first-order valence-corrected chi connectivity index (χ1v) is 8.02. The highest BCUT2D eigenvalue weighted by Crippen LogP contribution is 2.13. The Morgan fingerprint density at radius 3 is 2.59 bits per heavy atom. The highest BCUT2D eigenvalue weighted by molar-refractivity contribution is 7.87. The maximum atomic E-state index is 12.0. The lowest BCUT2D eigenvalue weighted by atomic mass is 10.1. The molecule has 2 N–H and O–H groups in total. The van der Waals surface area contributed by atoms with Crippen molar-refractivity contribution in [3.05, 3.63) is 0 Å². The molecule has 1 rings (SSSR count). The van der Waals surface area contributed by atoms with Crippen molar-refractivity contribution in [1.29, 1.82) is 0 Å². The second-order valence-electron chi connectivity index (χ2n) is 4.55. The largest absolute Gasteiger partial charge is 0.313 e. The van der Waals surface area contributed by atoms with Gasteiger partial charge in [-0.1, -0.05) is 13.8 Å². The van der Waals surface area contributed by atoms with Gasteiger partial charge in [0.2, 0.25) is 0 Å². The van der Waals surface area contributed by atoms with Gasteiger partial charge in [0.05, 0.1) is 0 Å². The van der Waals surface area contributed by atoms with Crippen molar-refractivity contribution in [3.8, 4) is 0 Å². The van der Waals surface area contributed by atoms with Crippen molar-refractivity contribution in [1.82, 2.24) is 14.3 Å². The van der Waals surface area contributed by atoms with Gasteiger partial charge in [-0.3, -0.25) is 0 Å². The third-order valence-corrected chi connectivity index (χ3v) is 4.52. The van der Waals surface area contributed by atoms with E-state index < -0.39 is 10.2 Å². The minimum atomic E-state index is -3.26. The number of nitrogens with one attached hydrogen (secondary N) is 2. The van der Waals surface area contributed by atoms with E-state index in [0.29, 0.717) is 25.7 Å². The summed E-state index contributed by atoms with van der Waals surface area (Å²) in [6.45, 7) is 6.80. The Kier molecular flexibility index (Phi) is 6.40. The summed E-state index contributed by atoms with van der Waals surface area (Å²) in [6, 6.07) is 0.307. The SMILES string of the molecule is CCCNC1CCCN(S(=O)(=O)NCCC)C1. The minimum absolute atomic E-state index is 0.307. The minimum Gasteiger partial charge on any atom is -0.313 e. The van der Waals surface area contributed by atoms with Crippen LogP contribution in [0.5, 0.6) is 0 Å². The van der Waals surface area contributed by atoms with Gasteiger partial charge in [0.1, 0.15) is 0 Å². The zero-order valence-corrected chi connectivity index (χ0v) is 11.7. The summed E-state index contributed by atoms with van der Waals surface area (Å²) in [5.74, 6) is 0. The van der Waals surface area contributed by atoms with E-state index in [1.807, 2.05) is 6.92 Å². The van der Waals surface area contributed by atoms with Crippen LogP contribution in [0.3, 0.4) is 0 Å². The molecule has 1 saturated heterocycles. The molecule has 1 aliphatic rings. The standard InChI is InChI=1S/C11H25N3O2S/c1-3-7-12-11-6-5-9-14(10-11)17(15,16)13-8-4-2/h11-13H,3-10H2,1-2H3. The molecule has 0 spiro atoms. The average Bonchev–Trinajstić information content (AvgIpc) is 2.34. The molecule has 1 heterocycles. The Labute approximate surface area is 105 Å². The Balaban J connectivity index is 2.47. The Hall–Kier alpha value is -0.170. The number of hydrogen-bond donors (Lipinski definition) is 2. The number of piperidine rings is 1. The van der Waals surface area contributed by atoms with Crippen LogP contribution in [0.2, 0.25) is 0 Å². The van der Waals surface area contributed by atoms with Gasteiger partial charge < -0.3 is 5.32 Å². The van der Waals surface area contributed by atoms with E-state index >= 15 is 0 Å². The van der Waals surface area contributed by atoms with Crippen molar-refractivity contribution >= 4 is 10.2 Å². The van der Waals surface area contributed by atoms with E-state index in [4.69, 9.17) is 0 Å². The molecule has 6 heteroatoms. The second kappa shape index (κ2) is 7.31. The van der Waals surface area contributed by atoms with Gasteiger partial charge in [-0.05, 0) is 32.2 Å². The van der Waals surface area contributed by atoms with Crippen LogP contribution in [-0.2, 0) is 10.2 Å². The molecule has 17 heavy (non-hydrogen) atoms. The van der Waals surface area contributed by atoms with Crippen LogP contribution in [0.4, 0.5) is 0 Å². The van der Waals surface area contributed by atoms with Gasteiger partial charge in [-0.25, -0.2) is 4.72 Å². The predicted octanol–water partition coefficient (Wildman–Crippen LogP) is 0.695. The third kappa shape index (κ3) is 4.91. The molecule has 0 aliphatic carbocycles. The molecule has 0 bridgehead atoms. The van der Waals surface area contributed by atoms with E-state index in [0.717, 1.165) is 32.2 Å². The summed E-state index contributed by atoms with van der Waals surface area (Å²) in [7, 11) is -3.26. The fraction of sp³-hybridized carbons (Fsp3) is 1.00. The summed E-state index contributed by atoms with van der Waals surface area (Å²) in [5.41, 5.74) is 0. The van der Waals surface area contributed by atoms with Crippen molar-refractivity contribution in [3.63, 3.8) is 0 Å². The lowest BCUT2D eigenvalue weighted by Crippen LogP contribution is -2.51. The molecular formula is C11H25N3O2S. The maximum Gasteiger partial charge on any atom is 0.279 e. The molecule has 1 unspecified atom stereocenters. The topological polar surface area (TPSA) is 61.4 Å². The van der Waals surface area contributed by atoms with Crippen LogP contribution < -0.4 is 10.0 Å². The van der Waals surface area contributed by atoms with E-state index in [1.165, 1.54) is 0 Å². The zero-order chi connectivity index (χ0) is 12.7. The van der Waals surface area contributed by atoms with Crippen LogP contribution in [0.25, 0.3) is 0 Å². The molecule has 0 aromatic carbocycles. The van der Waals surface area contributed by atoms with Gasteiger partial charge in [0.15, 0.2) is 0 Å². The van der Waals surface area contributed by atoms with Crippen LogP contribution in [0.1, 0.15) is 39.5 Å². The quantitative estimate of drug-likeness (QED) is 0.710. The summed E-state index contributed by atoms with van der Waals surface area (Å²) in [5, 5.41) is 3.40. The molecule has 0 aromatic heterocycles. The smallest absolute Gasteiger partial charge is 0.279 e. The highest BCUT2D eigenvalue weighted by atomic mass is 32.2. The molecular weight excluding hydrogens is 238 g/mol. The van der Waals surface area contributed by atoms with Gasteiger partial charge in [0.25, 0.3) is 10.2 Å². The molecule has 1 fully saturated rings. The lowest BCUT2D eigenvalue weighted by molar-refractivity contribution is 0.281. The molecule has 1 aliphatic heterocycles. The van der Waals surface area contributed by atoms with Crippen molar-refractivity contribution < 1.29 is 8.42 Å². The Morgan fingerprint density at radius 2 is 1.94 bits per heavy atom. The Bertz CT molecular complexity index is 306. The van der Waals surface area contributed by atoms with E-state index in [-0.39, 0.29) is 0 Å². The van der Waals surface area contributed by atoms with Gasteiger partial charge in [-0.15, -0.1) is 0 Å². The fourth-order valence-corrected chi connectivity index (χ4v) is 3.39. The first kappa shape index (κ1) is 14.9. The molecule has 0 amide bonds. The van der Waals surface area contributed by atoms with Gasteiger partial charge in [-0.2, -0.15) is 12.7 Å². The first-order valence-electron chi connectivity index (χ1n) is 6.58. The van der Waals surface area contributed by atoms with Crippen LogP contribution in [-0.4, -0.2) is 44.9 Å². The number of rotatable bonds is 7. The monoisotopic (exact) mass is 263 g/mol. The normalized spacial score (nSPS) is 22.8. The van der Waals surface area contributed by atoms with Gasteiger partial charge >= 0.3 is 0 Å². The lowest BCUT2D eigenvalue weighted by Gasteiger charge is -2.32. The second-order valence-corrected chi connectivity index (χ2v) is 6.31. The van der Waals surface area contributed by atoms with Crippen LogP contribution in [0, 0.1) is 0 Å². The fourth-order valence-electron chi connectivity index (χ4n) is 2.00. The molecule has 0 saturated carbocycles. The highest BCUT2D eigenvalue weighted by Gasteiger charge is 2.27. The number of nitrogens with zero attached hydrogens (tertiary/aromatic N) is 1. The van der Waals surface area contributed by atoms with Crippen molar-refractivity contribution in [2.75, 3.05) is 26.2 Å². The predicted molar refractivity (Wildman–Crippen MR) is 70.1 cm³/mol. The molecule has 0 aromatic rings. The first-order chi connectivity index (χ1) is 8.10. The zero-order valence-electron chi connectivity index (χ0n) is 10.9. The van der Waals surface area contributed by atoms with Crippen molar-refractivity contribution in [2.45, 2.75) is 45.6 Å². The van der Waals surface area contributed by atoms with Crippen LogP contribution >= 0.6 is 0 Å². The van der Waals surface area contributed by atoms with E-state index in [2.05, 4.69) is 17.0 Å². The average molecular weight is 263 g/mol. The molecule has 0 radical (unpaired) electrons. The van der Waals surface area contributed by atoms with E-state index in [1.54, 1.807) is 4.31 Å². The summed E-state index contributed by atoms with van der Waals surface area (Å²) in [6.07, 6.45) is 3.91. The summed E-state index contributed by atoms with van der Waals surface area (Å²) < 4.78 is 28.1. The molecule has 5 nitrogen and oxygen atoms in total. The van der Waals surface area contributed by atoms with Gasteiger partial charge in [0, 0.05) is 25.7 Å². The maximum absolute atomic E-state index is 12.0. The van der Waals surface area contributed by atoms with Crippen molar-refractivity contribution in [2.24, 2.45) is 0 Å². The Morgan fingerprint density at radius 1 is 1.24 bits per heavy atom. The van der Waals surface area contributed by atoms with Crippen LogP contribution in [0.15, 0.2) is 0 Å². The molecule has 102 valence electrons. The summed E-state index contributed by atoms with van der Waals surface area (Å²) >= 11 is 0. The number of hydrogen-bond acceptors (Lipinski definition) is 3.